The van der Waals surface area contributed by atoms with Crippen LogP contribution in [0.4, 0.5) is 0 Å². The third-order valence-corrected chi connectivity index (χ3v) is 5.98. The Morgan fingerprint density at radius 1 is 1.20 bits per heavy atom. The van der Waals surface area contributed by atoms with E-state index in [0.717, 1.165) is 25.8 Å². The Labute approximate surface area is 122 Å². The predicted octanol–water partition coefficient (Wildman–Crippen LogP) is 2.20. The lowest BCUT2D eigenvalue weighted by molar-refractivity contribution is 0.386. The summed E-state index contributed by atoms with van der Waals surface area (Å²) in [6.45, 7) is 5.12. The van der Waals surface area contributed by atoms with Crippen LogP contribution in [-0.2, 0) is 22.7 Å². The molecule has 0 bridgehead atoms. The van der Waals surface area contributed by atoms with Crippen molar-refractivity contribution < 1.29 is 8.42 Å². The highest BCUT2D eigenvalue weighted by atomic mass is 32.2. The molecule has 4 heteroatoms. The van der Waals surface area contributed by atoms with Crippen molar-refractivity contribution in [2.75, 3.05) is 18.1 Å². The smallest absolute Gasteiger partial charge is 0.150 e. The van der Waals surface area contributed by atoms with Crippen molar-refractivity contribution in [1.29, 1.82) is 0 Å². The van der Waals surface area contributed by atoms with Crippen molar-refractivity contribution in [3.05, 3.63) is 35.4 Å². The second-order valence-corrected chi connectivity index (χ2v) is 7.93. The summed E-state index contributed by atoms with van der Waals surface area (Å²) in [5.41, 5.74) is 2.63. The molecule has 0 amide bonds. The van der Waals surface area contributed by atoms with Crippen LogP contribution in [0.25, 0.3) is 0 Å². The monoisotopic (exact) mass is 295 g/mol. The number of sulfone groups is 1. The van der Waals surface area contributed by atoms with Gasteiger partial charge in [-0.1, -0.05) is 38.1 Å². The van der Waals surface area contributed by atoms with Crippen LogP contribution in [0, 0.1) is 5.92 Å². The van der Waals surface area contributed by atoms with E-state index in [9.17, 15) is 8.42 Å². The lowest BCUT2D eigenvalue weighted by Crippen LogP contribution is -2.38. The Balaban J connectivity index is 2.05. The first kappa shape index (κ1) is 15.5. The Kier molecular flexibility index (Phi) is 5.22. The molecule has 0 aromatic heterocycles. The van der Waals surface area contributed by atoms with Gasteiger partial charge in [-0.25, -0.2) is 8.42 Å². The third kappa shape index (κ3) is 4.06. The number of hydrogen-bond donors (Lipinski definition) is 1. The van der Waals surface area contributed by atoms with Crippen LogP contribution in [-0.4, -0.2) is 32.5 Å². The first-order valence-corrected chi connectivity index (χ1v) is 9.38. The SMILES string of the molecule is CCNC(Cc1ccc(CC)cc1)C1CCS(=O)(=O)C1. The second kappa shape index (κ2) is 6.72. The maximum atomic E-state index is 11.7. The maximum Gasteiger partial charge on any atom is 0.150 e. The van der Waals surface area contributed by atoms with Gasteiger partial charge in [-0.15, -0.1) is 0 Å². The van der Waals surface area contributed by atoms with Gasteiger partial charge < -0.3 is 5.32 Å². The van der Waals surface area contributed by atoms with E-state index in [1.165, 1.54) is 11.1 Å². The van der Waals surface area contributed by atoms with Crippen molar-refractivity contribution in [1.82, 2.24) is 5.32 Å². The highest BCUT2D eigenvalue weighted by Gasteiger charge is 2.33. The summed E-state index contributed by atoms with van der Waals surface area (Å²) < 4.78 is 23.3. The lowest BCUT2D eigenvalue weighted by atomic mass is 9.92. The van der Waals surface area contributed by atoms with Crippen molar-refractivity contribution in [2.24, 2.45) is 5.92 Å². The summed E-state index contributed by atoms with van der Waals surface area (Å²) in [6, 6.07) is 8.96. The zero-order valence-corrected chi connectivity index (χ0v) is 13.2. The van der Waals surface area contributed by atoms with Crippen LogP contribution in [0.1, 0.15) is 31.4 Å². The number of nitrogens with one attached hydrogen (secondary N) is 1. The van der Waals surface area contributed by atoms with Crippen LogP contribution >= 0.6 is 0 Å². The Morgan fingerprint density at radius 3 is 2.35 bits per heavy atom. The number of likely N-dealkylation sites (N-methyl/N-ethyl adjacent to an activating group) is 1. The normalized spacial score (nSPS) is 22.8. The standard InChI is InChI=1S/C16H25NO2S/c1-3-13-5-7-14(8-6-13)11-16(17-4-2)15-9-10-20(18,19)12-15/h5-8,15-17H,3-4,9-12H2,1-2H3. The van der Waals surface area contributed by atoms with E-state index in [2.05, 4.69) is 43.4 Å². The summed E-state index contributed by atoms with van der Waals surface area (Å²) in [5, 5.41) is 3.47. The van der Waals surface area contributed by atoms with Crippen LogP contribution in [0.5, 0.6) is 0 Å². The minimum Gasteiger partial charge on any atom is -0.314 e. The second-order valence-electron chi connectivity index (χ2n) is 5.70. The largest absolute Gasteiger partial charge is 0.314 e. The van der Waals surface area contributed by atoms with Crippen LogP contribution in [0.3, 0.4) is 0 Å². The van der Waals surface area contributed by atoms with Gasteiger partial charge in [0.1, 0.15) is 0 Å². The zero-order chi connectivity index (χ0) is 14.6. The van der Waals surface area contributed by atoms with Crippen molar-refractivity contribution in [3.8, 4) is 0 Å². The quantitative estimate of drug-likeness (QED) is 0.875. The maximum absolute atomic E-state index is 11.7. The number of hydrogen-bond acceptors (Lipinski definition) is 3. The fourth-order valence-corrected chi connectivity index (χ4v) is 4.85. The predicted molar refractivity (Wildman–Crippen MR) is 83.7 cm³/mol. The van der Waals surface area contributed by atoms with Crippen LogP contribution in [0.2, 0.25) is 0 Å². The Morgan fingerprint density at radius 2 is 1.85 bits per heavy atom. The van der Waals surface area contributed by atoms with E-state index in [1.807, 2.05) is 0 Å². The minimum atomic E-state index is -2.80. The molecule has 1 fully saturated rings. The van der Waals surface area contributed by atoms with Crippen molar-refractivity contribution in [3.63, 3.8) is 0 Å². The number of benzene rings is 1. The topological polar surface area (TPSA) is 46.2 Å². The molecule has 1 heterocycles. The lowest BCUT2D eigenvalue weighted by Gasteiger charge is -2.23. The van der Waals surface area contributed by atoms with Gasteiger partial charge in [0, 0.05) is 6.04 Å². The molecule has 0 aliphatic carbocycles. The molecule has 1 aromatic rings. The van der Waals surface area contributed by atoms with Gasteiger partial charge in [0.25, 0.3) is 0 Å². The first-order chi connectivity index (χ1) is 9.54. The van der Waals surface area contributed by atoms with E-state index >= 15 is 0 Å². The molecule has 3 nitrogen and oxygen atoms in total. The van der Waals surface area contributed by atoms with E-state index in [-0.39, 0.29) is 12.0 Å². The molecular formula is C16H25NO2S. The van der Waals surface area contributed by atoms with Gasteiger partial charge in [0.15, 0.2) is 9.84 Å². The molecule has 112 valence electrons. The van der Waals surface area contributed by atoms with E-state index in [0.29, 0.717) is 11.5 Å². The first-order valence-electron chi connectivity index (χ1n) is 7.55. The molecule has 2 atom stereocenters. The summed E-state index contributed by atoms with van der Waals surface area (Å²) in [7, 11) is -2.80. The van der Waals surface area contributed by atoms with Gasteiger partial charge in [-0.05, 0) is 42.9 Å². The van der Waals surface area contributed by atoms with Gasteiger partial charge in [0.2, 0.25) is 0 Å². The number of aryl methyl sites for hydroxylation is 1. The average Bonchev–Trinajstić information content (AvgIpc) is 2.79. The molecule has 1 aliphatic rings. The Bertz CT molecular complexity index is 522. The molecule has 2 rings (SSSR count). The summed E-state index contributed by atoms with van der Waals surface area (Å²) in [5.74, 6) is 0.956. The highest BCUT2D eigenvalue weighted by molar-refractivity contribution is 7.91. The molecular weight excluding hydrogens is 270 g/mol. The third-order valence-electron chi connectivity index (χ3n) is 4.19. The highest BCUT2D eigenvalue weighted by Crippen LogP contribution is 2.24. The molecule has 1 saturated heterocycles. The van der Waals surface area contributed by atoms with Crippen LogP contribution < -0.4 is 5.32 Å². The number of rotatable bonds is 6. The van der Waals surface area contributed by atoms with Gasteiger partial charge >= 0.3 is 0 Å². The summed E-state index contributed by atoms with van der Waals surface area (Å²) >= 11 is 0. The van der Waals surface area contributed by atoms with Crippen molar-refractivity contribution >= 4 is 9.84 Å². The van der Waals surface area contributed by atoms with E-state index in [4.69, 9.17) is 0 Å². The van der Waals surface area contributed by atoms with Gasteiger partial charge in [0.05, 0.1) is 11.5 Å². The molecule has 20 heavy (non-hydrogen) atoms. The Hall–Kier alpha value is -0.870. The fraction of sp³-hybridized carbons (Fsp3) is 0.625. The van der Waals surface area contributed by atoms with Crippen LogP contribution in [0.15, 0.2) is 24.3 Å². The van der Waals surface area contributed by atoms with E-state index in [1.54, 1.807) is 0 Å². The molecule has 1 aliphatic heterocycles. The molecule has 2 unspecified atom stereocenters. The molecule has 1 aromatic carbocycles. The fourth-order valence-electron chi connectivity index (χ4n) is 2.97. The summed E-state index contributed by atoms with van der Waals surface area (Å²) in [6.07, 6.45) is 2.77. The average molecular weight is 295 g/mol. The molecule has 0 radical (unpaired) electrons. The van der Waals surface area contributed by atoms with Gasteiger partial charge in [-0.2, -0.15) is 0 Å². The molecule has 1 N–H and O–H groups in total. The zero-order valence-electron chi connectivity index (χ0n) is 12.4. The van der Waals surface area contributed by atoms with Gasteiger partial charge in [-0.3, -0.25) is 0 Å². The molecule has 0 spiro atoms. The van der Waals surface area contributed by atoms with E-state index < -0.39 is 9.84 Å². The molecule has 0 saturated carbocycles. The minimum absolute atomic E-state index is 0.255. The van der Waals surface area contributed by atoms with Crippen molar-refractivity contribution in [2.45, 2.75) is 39.2 Å². The summed E-state index contributed by atoms with van der Waals surface area (Å²) in [4.78, 5) is 0.